The van der Waals surface area contributed by atoms with Crippen molar-refractivity contribution < 1.29 is 9.90 Å². The van der Waals surface area contributed by atoms with Gasteiger partial charge in [0.05, 0.1) is 11.8 Å². The lowest BCUT2D eigenvalue weighted by atomic mass is 9.82. The Kier molecular flexibility index (Phi) is 5.38. The van der Waals surface area contributed by atoms with Crippen molar-refractivity contribution in [1.29, 1.82) is 0 Å². The summed E-state index contributed by atoms with van der Waals surface area (Å²) in [5.41, 5.74) is 7.29. The van der Waals surface area contributed by atoms with Gasteiger partial charge in [-0.1, -0.05) is 12.5 Å². The molecule has 7 heteroatoms. The van der Waals surface area contributed by atoms with Crippen molar-refractivity contribution >= 4 is 6.03 Å². The molecule has 1 aromatic heterocycles. The highest BCUT2D eigenvalue weighted by atomic mass is 16.3. The van der Waals surface area contributed by atoms with Crippen LogP contribution in [0.25, 0.3) is 0 Å². The van der Waals surface area contributed by atoms with Gasteiger partial charge in [-0.15, -0.1) is 0 Å². The molecule has 3 aliphatic rings. The van der Waals surface area contributed by atoms with Crippen molar-refractivity contribution in [2.45, 2.75) is 50.3 Å². The Labute approximate surface area is 154 Å². The van der Waals surface area contributed by atoms with Gasteiger partial charge in [0, 0.05) is 37.9 Å². The molecule has 3 fully saturated rings. The second-order valence-electron chi connectivity index (χ2n) is 7.82. The van der Waals surface area contributed by atoms with E-state index in [1.807, 2.05) is 23.1 Å². The predicted octanol–water partition coefficient (Wildman–Crippen LogP) is 1.18. The van der Waals surface area contributed by atoms with Gasteiger partial charge in [-0.2, -0.15) is 0 Å². The normalized spacial score (nSPS) is 30.7. The number of fused-ring (bicyclic) bond motifs is 1. The maximum atomic E-state index is 12.7. The summed E-state index contributed by atoms with van der Waals surface area (Å²) in [5.74, 6) is 0.780. The number of hydrogen-bond acceptors (Lipinski definition) is 5. The van der Waals surface area contributed by atoms with Gasteiger partial charge in [-0.25, -0.2) is 4.79 Å². The van der Waals surface area contributed by atoms with Crippen LogP contribution in [0.5, 0.6) is 0 Å². The highest BCUT2D eigenvalue weighted by Crippen LogP contribution is 2.30. The van der Waals surface area contributed by atoms with E-state index >= 15 is 0 Å². The van der Waals surface area contributed by atoms with Crippen LogP contribution in [0.15, 0.2) is 24.4 Å². The molecular weight excluding hydrogens is 330 g/mol. The minimum Gasteiger partial charge on any atom is -0.387 e. The molecule has 1 saturated carbocycles. The van der Waals surface area contributed by atoms with Gasteiger partial charge in [0.1, 0.15) is 0 Å². The third kappa shape index (κ3) is 3.70. The third-order valence-electron chi connectivity index (χ3n) is 6.24. The first kappa shape index (κ1) is 17.7. The van der Waals surface area contributed by atoms with E-state index in [2.05, 4.69) is 21.2 Å². The van der Waals surface area contributed by atoms with Gasteiger partial charge in [0.15, 0.2) is 0 Å². The fourth-order valence-electron chi connectivity index (χ4n) is 4.67. The molecule has 2 saturated heterocycles. The fourth-order valence-corrected chi connectivity index (χ4v) is 4.67. The summed E-state index contributed by atoms with van der Waals surface area (Å²) in [6, 6.07) is 6.20. The van der Waals surface area contributed by atoms with E-state index in [9.17, 15) is 9.90 Å². The van der Waals surface area contributed by atoms with E-state index in [0.717, 1.165) is 31.5 Å². The number of nitrogens with one attached hydrogen (secondary N) is 3. The minimum atomic E-state index is -0.547. The highest BCUT2D eigenvalue weighted by Gasteiger charge is 2.38. The van der Waals surface area contributed by atoms with Crippen LogP contribution in [-0.4, -0.2) is 52.7 Å². The summed E-state index contributed by atoms with van der Waals surface area (Å²) in [5, 5.41) is 13.8. The van der Waals surface area contributed by atoms with E-state index in [4.69, 9.17) is 0 Å². The lowest BCUT2D eigenvalue weighted by Gasteiger charge is -2.37. The number of aliphatic hydroxyl groups excluding tert-OH is 1. The molecule has 142 valence electrons. The number of hydrogen-bond donors (Lipinski definition) is 4. The molecule has 0 radical (unpaired) electrons. The molecule has 4 rings (SSSR count). The van der Waals surface area contributed by atoms with E-state index in [1.165, 1.54) is 12.8 Å². The molecule has 26 heavy (non-hydrogen) atoms. The van der Waals surface area contributed by atoms with Gasteiger partial charge < -0.3 is 15.3 Å². The molecular formula is C19H29N5O2. The number of likely N-dealkylation sites (tertiary alicyclic amines) is 1. The summed E-state index contributed by atoms with van der Waals surface area (Å²) in [6.07, 6.45) is 6.22. The van der Waals surface area contributed by atoms with Crippen LogP contribution in [0.4, 0.5) is 4.79 Å². The average Bonchev–Trinajstić information content (AvgIpc) is 3.18. The quantitative estimate of drug-likeness (QED) is 0.651. The van der Waals surface area contributed by atoms with Crippen molar-refractivity contribution in [1.82, 2.24) is 26.1 Å². The number of piperidine rings is 1. The molecule has 4 atom stereocenters. The molecule has 2 aliphatic heterocycles. The number of rotatable bonds is 3. The average molecular weight is 359 g/mol. The number of pyridine rings is 1. The molecule has 4 N–H and O–H groups in total. The summed E-state index contributed by atoms with van der Waals surface area (Å²) in [6.45, 7) is 2.37. The van der Waals surface area contributed by atoms with Gasteiger partial charge in [-0.05, 0) is 49.7 Å². The molecule has 0 aromatic carbocycles. The zero-order chi connectivity index (χ0) is 17.9. The van der Waals surface area contributed by atoms with Crippen molar-refractivity contribution in [2.24, 2.45) is 11.8 Å². The number of hydrazine groups is 1. The van der Waals surface area contributed by atoms with Crippen LogP contribution in [-0.2, 0) is 0 Å². The van der Waals surface area contributed by atoms with E-state index in [1.54, 1.807) is 6.20 Å². The van der Waals surface area contributed by atoms with Crippen molar-refractivity contribution in [3.05, 3.63) is 30.1 Å². The Balaban J connectivity index is 1.28. The summed E-state index contributed by atoms with van der Waals surface area (Å²) >= 11 is 0. The summed E-state index contributed by atoms with van der Waals surface area (Å²) < 4.78 is 0. The molecule has 1 aliphatic carbocycles. The summed E-state index contributed by atoms with van der Waals surface area (Å²) in [4.78, 5) is 18.8. The number of carbonyl (C=O) groups excluding carboxylic acids is 1. The van der Waals surface area contributed by atoms with Gasteiger partial charge in [-0.3, -0.25) is 15.8 Å². The second kappa shape index (κ2) is 7.90. The van der Waals surface area contributed by atoms with Crippen LogP contribution < -0.4 is 16.2 Å². The fraction of sp³-hybridized carbons (Fsp3) is 0.684. The van der Waals surface area contributed by atoms with E-state index in [-0.39, 0.29) is 18.0 Å². The van der Waals surface area contributed by atoms with Crippen molar-refractivity contribution in [2.75, 3.05) is 19.6 Å². The molecule has 3 heterocycles. The van der Waals surface area contributed by atoms with Gasteiger partial charge in [0.2, 0.25) is 0 Å². The second-order valence-corrected chi connectivity index (χ2v) is 7.82. The Hall–Kier alpha value is -1.70. The van der Waals surface area contributed by atoms with Crippen LogP contribution in [0.3, 0.4) is 0 Å². The first-order valence-electron chi connectivity index (χ1n) is 9.85. The smallest absolute Gasteiger partial charge is 0.317 e. The van der Waals surface area contributed by atoms with Crippen LogP contribution in [0, 0.1) is 11.8 Å². The largest absolute Gasteiger partial charge is 0.387 e. The number of aromatic nitrogens is 1. The number of urea groups is 1. The predicted molar refractivity (Wildman–Crippen MR) is 98.1 cm³/mol. The standard InChI is InChI=1S/C19H29N5O2/c25-18(16-5-1-2-9-20-16)13-7-10-24(11-8-13)19(26)22-15-6-3-4-14-12-21-23-17(14)15/h1-2,5,9,13-15,17-18,21,23,25H,3-4,6-8,10-12H2,(H,22,26). The van der Waals surface area contributed by atoms with Gasteiger partial charge in [0.25, 0.3) is 0 Å². The van der Waals surface area contributed by atoms with Crippen molar-refractivity contribution in [3.63, 3.8) is 0 Å². The maximum absolute atomic E-state index is 12.7. The Morgan fingerprint density at radius 2 is 2.12 bits per heavy atom. The minimum absolute atomic E-state index is 0.0372. The first-order chi connectivity index (χ1) is 12.7. The molecule has 4 unspecified atom stereocenters. The third-order valence-corrected chi connectivity index (χ3v) is 6.24. The Morgan fingerprint density at radius 1 is 1.27 bits per heavy atom. The lowest BCUT2D eigenvalue weighted by Crippen LogP contribution is -2.56. The Bertz CT molecular complexity index is 605. The van der Waals surface area contributed by atoms with Crippen molar-refractivity contribution in [3.8, 4) is 0 Å². The number of amides is 2. The van der Waals surface area contributed by atoms with Crippen LogP contribution in [0.1, 0.15) is 43.9 Å². The Morgan fingerprint density at radius 3 is 2.88 bits per heavy atom. The zero-order valence-electron chi connectivity index (χ0n) is 15.1. The lowest BCUT2D eigenvalue weighted by molar-refractivity contribution is 0.0626. The molecule has 7 nitrogen and oxygen atoms in total. The van der Waals surface area contributed by atoms with Crippen LogP contribution in [0.2, 0.25) is 0 Å². The summed E-state index contributed by atoms with van der Waals surface area (Å²) in [7, 11) is 0. The van der Waals surface area contributed by atoms with E-state index in [0.29, 0.717) is 25.0 Å². The highest BCUT2D eigenvalue weighted by molar-refractivity contribution is 5.74. The molecule has 1 aromatic rings. The number of nitrogens with zero attached hydrogens (tertiary/aromatic N) is 2. The maximum Gasteiger partial charge on any atom is 0.317 e. The number of aliphatic hydroxyl groups is 1. The molecule has 2 amide bonds. The molecule has 0 bridgehead atoms. The molecule has 0 spiro atoms. The monoisotopic (exact) mass is 359 g/mol. The topological polar surface area (TPSA) is 89.5 Å². The SMILES string of the molecule is O=C(NC1CCCC2CNNC21)N1CCC(C(O)c2ccccn2)CC1. The van der Waals surface area contributed by atoms with Crippen LogP contribution >= 0.6 is 0 Å². The zero-order valence-corrected chi connectivity index (χ0v) is 15.1. The number of carbonyl (C=O) groups is 1. The van der Waals surface area contributed by atoms with Gasteiger partial charge >= 0.3 is 6.03 Å². The van der Waals surface area contributed by atoms with E-state index < -0.39 is 6.10 Å². The first-order valence-corrected chi connectivity index (χ1v) is 9.85.